The molecule has 1 aromatic heterocycles. The third-order valence-corrected chi connectivity index (χ3v) is 3.72. The standard InChI is InChI=1S/C9H10N4O2S/c1-11-6-5(7(14)12(2)9(11)15)13-3-4-16-8(13)10-6/h3-4,8,10H,1-2H3. The lowest BCUT2D eigenvalue weighted by molar-refractivity contribution is 0.697. The van der Waals surface area contributed by atoms with Gasteiger partial charge in [0.1, 0.15) is 5.82 Å². The number of hydrogen-bond acceptors (Lipinski definition) is 5. The van der Waals surface area contributed by atoms with E-state index in [1.165, 1.54) is 11.6 Å². The molecule has 0 aromatic carbocycles. The Morgan fingerprint density at radius 3 is 2.81 bits per heavy atom. The lowest BCUT2D eigenvalue weighted by Crippen LogP contribution is -2.38. The van der Waals surface area contributed by atoms with Crippen LogP contribution in [0.5, 0.6) is 0 Å². The number of rotatable bonds is 0. The SMILES string of the molecule is Cn1c2c(c(=O)n(C)c1=O)N1C=CSC1N2. The quantitative estimate of drug-likeness (QED) is 0.679. The third kappa shape index (κ3) is 0.981. The molecule has 6 nitrogen and oxygen atoms in total. The van der Waals surface area contributed by atoms with Gasteiger partial charge in [0.2, 0.25) is 0 Å². The molecule has 2 aliphatic rings. The van der Waals surface area contributed by atoms with Crippen molar-refractivity contribution in [3.8, 4) is 0 Å². The molecule has 0 fully saturated rings. The minimum absolute atomic E-state index is 0.00398. The molecule has 3 rings (SSSR count). The summed E-state index contributed by atoms with van der Waals surface area (Å²) in [5, 5.41) is 5.07. The molecule has 0 spiro atoms. The molecule has 3 heterocycles. The van der Waals surface area contributed by atoms with Gasteiger partial charge in [-0.3, -0.25) is 13.9 Å². The predicted molar refractivity (Wildman–Crippen MR) is 63.5 cm³/mol. The average molecular weight is 238 g/mol. The molecule has 0 amide bonds. The molecule has 1 N–H and O–H groups in total. The second-order valence-corrected chi connectivity index (χ2v) is 4.72. The molecule has 7 heteroatoms. The fraction of sp³-hybridized carbons (Fsp3) is 0.333. The first-order valence-corrected chi connectivity index (χ1v) is 5.72. The highest BCUT2D eigenvalue weighted by atomic mass is 32.2. The van der Waals surface area contributed by atoms with Crippen molar-refractivity contribution in [1.29, 1.82) is 0 Å². The highest BCUT2D eigenvalue weighted by molar-refractivity contribution is 8.03. The number of nitrogens with zero attached hydrogens (tertiary/aromatic N) is 3. The maximum Gasteiger partial charge on any atom is 0.332 e. The van der Waals surface area contributed by atoms with Gasteiger partial charge in [0, 0.05) is 20.3 Å². The number of aromatic nitrogens is 2. The Morgan fingerprint density at radius 1 is 1.31 bits per heavy atom. The normalized spacial score (nSPS) is 20.9. The van der Waals surface area contributed by atoms with Crippen molar-refractivity contribution >= 4 is 23.3 Å². The minimum Gasteiger partial charge on any atom is -0.340 e. The molecule has 0 bridgehead atoms. The van der Waals surface area contributed by atoms with E-state index in [9.17, 15) is 9.59 Å². The zero-order chi connectivity index (χ0) is 11.4. The van der Waals surface area contributed by atoms with E-state index in [0.717, 1.165) is 4.57 Å². The van der Waals surface area contributed by atoms with Crippen molar-refractivity contribution < 1.29 is 0 Å². The van der Waals surface area contributed by atoms with Crippen LogP contribution in [0.4, 0.5) is 11.5 Å². The summed E-state index contributed by atoms with van der Waals surface area (Å²) in [6.07, 6.45) is 1.85. The zero-order valence-electron chi connectivity index (χ0n) is 8.80. The topological polar surface area (TPSA) is 59.3 Å². The number of anilines is 2. The van der Waals surface area contributed by atoms with Gasteiger partial charge in [-0.1, -0.05) is 11.8 Å². The summed E-state index contributed by atoms with van der Waals surface area (Å²) in [5.41, 5.74) is -0.0433. The van der Waals surface area contributed by atoms with Crippen LogP contribution < -0.4 is 21.5 Å². The largest absolute Gasteiger partial charge is 0.340 e. The van der Waals surface area contributed by atoms with Crippen LogP contribution in [0.15, 0.2) is 21.2 Å². The summed E-state index contributed by atoms with van der Waals surface area (Å²) in [5.74, 6) is 0.593. The maximum atomic E-state index is 12.0. The van der Waals surface area contributed by atoms with Crippen molar-refractivity contribution in [3.05, 3.63) is 32.4 Å². The summed E-state index contributed by atoms with van der Waals surface area (Å²) in [7, 11) is 3.15. The zero-order valence-corrected chi connectivity index (χ0v) is 9.61. The Hall–Kier alpha value is -1.63. The van der Waals surface area contributed by atoms with Gasteiger partial charge in [-0.05, 0) is 5.41 Å². The Labute approximate surface area is 95.2 Å². The summed E-state index contributed by atoms with van der Waals surface area (Å²) >= 11 is 1.57. The number of fused-ring (bicyclic) bond motifs is 3. The van der Waals surface area contributed by atoms with E-state index in [0.29, 0.717) is 11.5 Å². The first-order valence-electron chi connectivity index (χ1n) is 4.78. The molecule has 0 saturated heterocycles. The van der Waals surface area contributed by atoms with Gasteiger partial charge in [-0.25, -0.2) is 4.79 Å². The Balaban J connectivity index is 2.38. The Morgan fingerprint density at radius 2 is 2.06 bits per heavy atom. The van der Waals surface area contributed by atoms with Crippen molar-refractivity contribution in [1.82, 2.24) is 9.13 Å². The molecule has 1 atom stereocenters. The van der Waals surface area contributed by atoms with Crippen LogP contribution in [0.25, 0.3) is 0 Å². The van der Waals surface area contributed by atoms with E-state index in [4.69, 9.17) is 0 Å². The smallest absolute Gasteiger partial charge is 0.332 e. The van der Waals surface area contributed by atoms with Crippen LogP contribution in [0, 0.1) is 0 Å². The molecule has 0 radical (unpaired) electrons. The second kappa shape index (κ2) is 2.94. The van der Waals surface area contributed by atoms with Crippen LogP contribution in [0.3, 0.4) is 0 Å². The Bertz CT molecular complexity index is 615. The second-order valence-electron chi connectivity index (χ2n) is 3.73. The molecule has 0 aliphatic carbocycles. The molecule has 0 saturated carbocycles. The van der Waals surface area contributed by atoms with Gasteiger partial charge in [0.05, 0.1) is 0 Å². The summed E-state index contributed by atoms with van der Waals surface area (Å²) in [6, 6.07) is 0. The monoisotopic (exact) mass is 238 g/mol. The fourth-order valence-corrected chi connectivity index (χ4v) is 2.79. The lowest BCUT2D eigenvalue weighted by atomic mass is 10.4. The summed E-state index contributed by atoms with van der Waals surface area (Å²) in [6.45, 7) is 0. The van der Waals surface area contributed by atoms with Gasteiger partial charge in [0.25, 0.3) is 5.56 Å². The van der Waals surface area contributed by atoms with Crippen molar-refractivity contribution in [2.45, 2.75) is 5.50 Å². The van der Waals surface area contributed by atoms with Gasteiger partial charge in [0.15, 0.2) is 11.2 Å². The van der Waals surface area contributed by atoms with Crippen molar-refractivity contribution in [2.75, 3.05) is 10.2 Å². The molecule has 1 aromatic rings. The van der Waals surface area contributed by atoms with Crippen molar-refractivity contribution in [2.24, 2.45) is 14.1 Å². The molecule has 84 valence electrons. The van der Waals surface area contributed by atoms with Crippen LogP contribution >= 0.6 is 11.8 Å². The minimum atomic E-state index is -0.314. The first kappa shape index (κ1) is 9.59. The van der Waals surface area contributed by atoms with Gasteiger partial charge >= 0.3 is 5.69 Å². The van der Waals surface area contributed by atoms with Crippen LogP contribution in [0.1, 0.15) is 0 Å². The molecular formula is C9H10N4O2S. The highest BCUT2D eigenvalue weighted by Gasteiger charge is 2.35. The Kier molecular flexibility index (Phi) is 1.76. The van der Waals surface area contributed by atoms with Gasteiger partial charge in [-0.2, -0.15) is 0 Å². The highest BCUT2D eigenvalue weighted by Crippen LogP contribution is 2.38. The van der Waals surface area contributed by atoms with Crippen LogP contribution in [0.2, 0.25) is 0 Å². The van der Waals surface area contributed by atoms with Gasteiger partial charge in [-0.15, -0.1) is 0 Å². The van der Waals surface area contributed by atoms with Crippen LogP contribution in [-0.4, -0.2) is 14.6 Å². The molecule has 2 aliphatic heterocycles. The average Bonchev–Trinajstić information content (AvgIpc) is 2.82. The summed E-state index contributed by atoms with van der Waals surface area (Å²) < 4.78 is 2.59. The van der Waals surface area contributed by atoms with E-state index in [-0.39, 0.29) is 16.7 Å². The van der Waals surface area contributed by atoms with Gasteiger partial charge < -0.3 is 10.2 Å². The van der Waals surface area contributed by atoms with E-state index in [1.54, 1.807) is 18.8 Å². The molecule has 16 heavy (non-hydrogen) atoms. The predicted octanol–water partition coefficient (Wildman–Crippen LogP) is -0.182. The number of thioether (sulfide) groups is 1. The van der Waals surface area contributed by atoms with Crippen molar-refractivity contribution in [3.63, 3.8) is 0 Å². The summed E-state index contributed by atoms with van der Waals surface area (Å²) in [4.78, 5) is 25.6. The number of hydrogen-bond donors (Lipinski definition) is 1. The first-order chi connectivity index (χ1) is 7.61. The van der Waals surface area contributed by atoms with E-state index >= 15 is 0 Å². The number of nitrogens with one attached hydrogen (secondary N) is 1. The van der Waals surface area contributed by atoms with E-state index in [1.807, 2.05) is 16.5 Å². The maximum absolute atomic E-state index is 12.0. The third-order valence-electron chi connectivity index (χ3n) is 2.84. The van der Waals surface area contributed by atoms with E-state index < -0.39 is 0 Å². The van der Waals surface area contributed by atoms with Crippen LogP contribution in [-0.2, 0) is 14.1 Å². The fourth-order valence-electron chi connectivity index (χ4n) is 1.96. The molecular weight excluding hydrogens is 228 g/mol. The molecule has 1 unspecified atom stereocenters. The van der Waals surface area contributed by atoms with E-state index in [2.05, 4.69) is 5.32 Å². The lowest BCUT2D eigenvalue weighted by Gasteiger charge is -2.13.